The van der Waals surface area contributed by atoms with E-state index in [1.807, 2.05) is 17.0 Å². The summed E-state index contributed by atoms with van der Waals surface area (Å²) in [4.78, 5) is 24.5. The molecule has 2 aliphatic heterocycles. The standard InChI is InChI=1S/C20H27N5O2/c1-21-20(22-14-16-13-15-5-2-3-6-17(15)23-16)25-10-8-24(9-11-25)19(26)18-7-4-12-27-18/h2-3,5-6,13,18,23H,4,7-12,14H2,1H3,(H,21,22). The number of H-pyrrole nitrogens is 1. The van der Waals surface area contributed by atoms with E-state index in [9.17, 15) is 4.79 Å². The van der Waals surface area contributed by atoms with E-state index in [1.165, 1.54) is 5.39 Å². The molecule has 3 heterocycles. The summed E-state index contributed by atoms with van der Waals surface area (Å²) in [6, 6.07) is 10.4. The Morgan fingerprint density at radius 2 is 2.04 bits per heavy atom. The zero-order valence-electron chi connectivity index (χ0n) is 15.8. The van der Waals surface area contributed by atoms with Gasteiger partial charge in [-0.3, -0.25) is 9.79 Å². The number of ether oxygens (including phenoxy) is 1. The molecule has 144 valence electrons. The van der Waals surface area contributed by atoms with Crippen LogP contribution in [-0.2, 0) is 16.1 Å². The van der Waals surface area contributed by atoms with Crippen molar-refractivity contribution in [2.24, 2.45) is 4.99 Å². The summed E-state index contributed by atoms with van der Waals surface area (Å²) < 4.78 is 5.53. The zero-order chi connectivity index (χ0) is 18.6. The van der Waals surface area contributed by atoms with Crippen molar-refractivity contribution < 1.29 is 9.53 Å². The molecule has 7 heteroatoms. The summed E-state index contributed by atoms with van der Waals surface area (Å²) in [5.74, 6) is 1.02. The quantitative estimate of drug-likeness (QED) is 0.636. The van der Waals surface area contributed by atoms with Crippen molar-refractivity contribution in [3.8, 4) is 0 Å². The number of aromatic amines is 1. The first-order valence-corrected chi connectivity index (χ1v) is 9.67. The maximum absolute atomic E-state index is 12.5. The first-order valence-electron chi connectivity index (χ1n) is 9.67. The minimum absolute atomic E-state index is 0.146. The van der Waals surface area contributed by atoms with E-state index < -0.39 is 0 Å². The van der Waals surface area contributed by atoms with Crippen LogP contribution in [0.5, 0.6) is 0 Å². The summed E-state index contributed by atoms with van der Waals surface area (Å²) in [5, 5.41) is 4.65. The summed E-state index contributed by atoms with van der Waals surface area (Å²) in [7, 11) is 1.80. The third kappa shape index (κ3) is 3.93. The Kier molecular flexibility index (Phi) is 5.29. The molecule has 0 spiro atoms. The number of carbonyl (C=O) groups excluding carboxylic acids is 1. The maximum atomic E-state index is 12.5. The van der Waals surface area contributed by atoms with Crippen molar-refractivity contribution >= 4 is 22.8 Å². The van der Waals surface area contributed by atoms with Gasteiger partial charge in [-0.15, -0.1) is 0 Å². The van der Waals surface area contributed by atoms with Crippen LogP contribution < -0.4 is 5.32 Å². The smallest absolute Gasteiger partial charge is 0.251 e. The number of benzene rings is 1. The highest BCUT2D eigenvalue weighted by molar-refractivity contribution is 5.83. The lowest BCUT2D eigenvalue weighted by Crippen LogP contribution is -2.55. The highest BCUT2D eigenvalue weighted by Crippen LogP contribution is 2.17. The number of hydrogen-bond acceptors (Lipinski definition) is 3. The van der Waals surface area contributed by atoms with Gasteiger partial charge in [0.15, 0.2) is 5.96 Å². The summed E-state index contributed by atoms with van der Waals surface area (Å²) in [6.45, 7) is 4.39. The number of rotatable bonds is 3. The van der Waals surface area contributed by atoms with E-state index in [0.29, 0.717) is 26.2 Å². The first-order chi connectivity index (χ1) is 13.2. The number of fused-ring (bicyclic) bond motifs is 1. The minimum Gasteiger partial charge on any atom is -0.368 e. The van der Waals surface area contributed by atoms with Gasteiger partial charge in [0.25, 0.3) is 5.91 Å². The van der Waals surface area contributed by atoms with Crippen LogP contribution in [0, 0.1) is 0 Å². The fourth-order valence-electron chi connectivity index (χ4n) is 3.85. The van der Waals surface area contributed by atoms with Gasteiger partial charge < -0.3 is 24.8 Å². The van der Waals surface area contributed by atoms with Gasteiger partial charge in [0.2, 0.25) is 0 Å². The molecular weight excluding hydrogens is 342 g/mol. The number of piperazine rings is 1. The molecule has 0 radical (unpaired) electrons. The van der Waals surface area contributed by atoms with Crippen LogP contribution in [0.25, 0.3) is 10.9 Å². The Morgan fingerprint density at radius 1 is 1.26 bits per heavy atom. The monoisotopic (exact) mass is 369 g/mol. The topological polar surface area (TPSA) is 73.0 Å². The minimum atomic E-state index is -0.226. The van der Waals surface area contributed by atoms with Crippen LogP contribution in [0.3, 0.4) is 0 Å². The third-order valence-corrected chi connectivity index (χ3v) is 5.33. The molecule has 1 aromatic carbocycles. The molecule has 2 N–H and O–H groups in total. The number of guanidine groups is 1. The Hall–Kier alpha value is -2.54. The summed E-state index contributed by atoms with van der Waals surface area (Å²) in [5.41, 5.74) is 2.27. The zero-order valence-corrected chi connectivity index (χ0v) is 15.8. The molecule has 1 aromatic heterocycles. The summed E-state index contributed by atoms with van der Waals surface area (Å²) in [6.07, 6.45) is 1.61. The van der Waals surface area contributed by atoms with Gasteiger partial charge in [-0.2, -0.15) is 0 Å². The van der Waals surface area contributed by atoms with E-state index in [-0.39, 0.29) is 12.0 Å². The second-order valence-corrected chi connectivity index (χ2v) is 7.10. The van der Waals surface area contributed by atoms with Crippen LogP contribution in [0.15, 0.2) is 35.3 Å². The Balaban J connectivity index is 1.30. The van der Waals surface area contributed by atoms with E-state index in [1.54, 1.807) is 7.05 Å². The van der Waals surface area contributed by atoms with Crippen molar-refractivity contribution in [3.05, 3.63) is 36.0 Å². The molecule has 2 aromatic rings. The summed E-state index contributed by atoms with van der Waals surface area (Å²) >= 11 is 0. The Bertz CT molecular complexity index is 784. The van der Waals surface area contributed by atoms with E-state index in [0.717, 1.165) is 43.1 Å². The molecule has 1 amide bonds. The van der Waals surface area contributed by atoms with Crippen LogP contribution in [0.4, 0.5) is 0 Å². The number of nitrogens with zero attached hydrogens (tertiary/aromatic N) is 3. The van der Waals surface area contributed by atoms with Gasteiger partial charge in [0.1, 0.15) is 6.10 Å². The molecular formula is C20H27N5O2. The van der Waals surface area contributed by atoms with Crippen molar-refractivity contribution in [1.29, 1.82) is 0 Å². The van der Waals surface area contributed by atoms with Gasteiger partial charge in [-0.25, -0.2) is 0 Å². The average molecular weight is 369 g/mol. The van der Waals surface area contributed by atoms with Crippen molar-refractivity contribution in [2.75, 3.05) is 39.8 Å². The van der Waals surface area contributed by atoms with Crippen LogP contribution >= 0.6 is 0 Å². The van der Waals surface area contributed by atoms with Crippen molar-refractivity contribution in [3.63, 3.8) is 0 Å². The largest absolute Gasteiger partial charge is 0.368 e. The molecule has 1 atom stereocenters. The van der Waals surface area contributed by atoms with Crippen LogP contribution in [0.2, 0.25) is 0 Å². The Morgan fingerprint density at radius 3 is 2.74 bits per heavy atom. The SMILES string of the molecule is CN=C(NCc1cc2ccccc2[nH]1)N1CCN(C(=O)C2CCCO2)CC1. The maximum Gasteiger partial charge on any atom is 0.251 e. The predicted molar refractivity (Wildman–Crippen MR) is 106 cm³/mol. The second-order valence-electron chi connectivity index (χ2n) is 7.10. The predicted octanol–water partition coefficient (Wildman–Crippen LogP) is 1.57. The van der Waals surface area contributed by atoms with Gasteiger partial charge >= 0.3 is 0 Å². The van der Waals surface area contributed by atoms with Crippen molar-refractivity contribution in [1.82, 2.24) is 20.1 Å². The second kappa shape index (κ2) is 8.00. The molecule has 2 saturated heterocycles. The number of amides is 1. The fraction of sp³-hybridized carbons (Fsp3) is 0.500. The average Bonchev–Trinajstić information content (AvgIpc) is 3.38. The molecule has 0 saturated carbocycles. The molecule has 1 unspecified atom stereocenters. The van der Waals surface area contributed by atoms with E-state index >= 15 is 0 Å². The molecule has 0 bridgehead atoms. The fourth-order valence-corrected chi connectivity index (χ4v) is 3.85. The number of aromatic nitrogens is 1. The Labute approximate surface area is 159 Å². The van der Waals surface area contributed by atoms with E-state index in [2.05, 4.69) is 38.4 Å². The normalized spacial score (nSPS) is 21.1. The number of aliphatic imine (C=N–C) groups is 1. The lowest BCUT2D eigenvalue weighted by atomic mass is 10.2. The van der Waals surface area contributed by atoms with Gasteiger partial charge in [-0.05, 0) is 30.4 Å². The number of nitrogens with one attached hydrogen (secondary N) is 2. The van der Waals surface area contributed by atoms with E-state index in [4.69, 9.17) is 4.74 Å². The number of hydrogen-bond donors (Lipinski definition) is 2. The molecule has 0 aliphatic carbocycles. The first kappa shape index (κ1) is 17.9. The third-order valence-electron chi connectivity index (χ3n) is 5.33. The molecule has 2 aliphatic rings. The van der Waals surface area contributed by atoms with Gasteiger partial charge in [-0.1, -0.05) is 18.2 Å². The molecule has 2 fully saturated rings. The van der Waals surface area contributed by atoms with Crippen molar-refractivity contribution in [2.45, 2.75) is 25.5 Å². The molecule has 27 heavy (non-hydrogen) atoms. The number of carbonyl (C=O) groups is 1. The lowest BCUT2D eigenvalue weighted by molar-refractivity contribution is -0.142. The highest BCUT2D eigenvalue weighted by atomic mass is 16.5. The highest BCUT2D eigenvalue weighted by Gasteiger charge is 2.30. The van der Waals surface area contributed by atoms with Crippen LogP contribution in [0.1, 0.15) is 18.5 Å². The lowest BCUT2D eigenvalue weighted by Gasteiger charge is -2.37. The van der Waals surface area contributed by atoms with Crippen LogP contribution in [-0.4, -0.2) is 72.6 Å². The number of para-hydroxylation sites is 1. The molecule has 7 nitrogen and oxygen atoms in total. The van der Waals surface area contributed by atoms with Gasteiger partial charge in [0.05, 0.1) is 6.54 Å². The van der Waals surface area contributed by atoms with Gasteiger partial charge in [0, 0.05) is 51.0 Å². The molecule has 4 rings (SSSR count).